The summed E-state index contributed by atoms with van der Waals surface area (Å²) in [4.78, 5) is 28.4. The molecule has 0 spiro atoms. The fraction of sp³-hybridized carbons (Fsp3) is 0.200. The molecule has 1 heterocycles. The summed E-state index contributed by atoms with van der Waals surface area (Å²) in [6.45, 7) is 0.383. The Morgan fingerprint density at radius 3 is 2.30 bits per heavy atom. The van der Waals surface area contributed by atoms with Crippen molar-refractivity contribution in [1.29, 1.82) is 0 Å². The number of aromatic nitrogens is 2. The van der Waals surface area contributed by atoms with E-state index < -0.39 is 5.91 Å². The zero-order valence-electron chi connectivity index (χ0n) is 16.3. The maximum absolute atomic E-state index is 12.2. The Morgan fingerprint density at radius 2 is 1.63 bits per heavy atom. The first-order chi connectivity index (χ1) is 14.5. The van der Waals surface area contributed by atoms with Gasteiger partial charge in [0.05, 0.1) is 14.2 Å². The Bertz CT molecular complexity index is 1040. The third kappa shape index (κ3) is 5.06. The Labute approximate surface area is 177 Å². The number of methoxy groups -OCH3 is 2. The molecule has 3 rings (SSSR count). The van der Waals surface area contributed by atoms with Crippen LogP contribution in [0.2, 0.25) is 5.02 Å². The van der Waals surface area contributed by atoms with Gasteiger partial charge in [0.15, 0.2) is 11.5 Å². The highest BCUT2D eigenvalue weighted by molar-refractivity contribution is 6.30. The summed E-state index contributed by atoms with van der Waals surface area (Å²) < 4.78 is 15.3. The molecule has 2 N–H and O–H groups in total. The van der Waals surface area contributed by atoms with Gasteiger partial charge in [0.25, 0.3) is 5.91 Å². The molecule has 3 aromatic rings. The van der Waals surface area contributed by atoms with Gasteiger partial charge in [-0.05, 0) is 42.5 Å². The van der Waals surface area contributed by atoms with Gasteiger partial charge < -0.3 is 24.6 Å². The Morgan fingerprint density at radius 1 is 0.967 bits per heavy atom. The Hall–Kier alpha value is -3.59. The number of rotatable bonds is 8. The van der Waals surface area contributed by atoms with Gasteiger partial charge in [0.2, 0.25) is 5.82 Å². The molecule has 0 saturated heterocycles. The number of halogens is 1. The maximum atomic E-state index is 12.2. The van der Waals surface area contributed by atoms with Crippen LogP contribution < -0.4 is 20.1 Å². The molecule has 2 amide bonds. The fourth-order valence-electron chi connectivity index (χ4n) is 2.54. The summed E-state index contributed by atoms with van der Waals surface area (Å²) in [7, 11) is 3.01. The van der Waals surface area contributed by atoms with E-state index in [9.17, 15) is 9.59 Å². The zero-order chi connectivity index (χ0) is 21.5. The van der Waals surface area contributed by atoms with E-state index in [1.165, 1.54) is 14.2 Å². The highest BCUT2D eigenvalue weighted by Crippen LogP contribution is 2.27. The zero-order valence-corrected chi connectivity index (χ0v) is 17.0. The van der Waals surface area contributed by atoms with Crippen molar-refractivity contribution in [2.24, 2.45) is 0 Å². The van der Waals surface area contributed by atoms with Gasteiger partial charge in [0.1, 0.15) is 0 Å². The molecule has 0 atom stereocenters. The molecule has 2 aromatic carbocycles. The highest BCUT2D eigenvalue weighted by Gasteiger charge is 2.16. The molecule has 10 heteroatoms. The number of benzene rings is 2. The van der Waals surface area contributed by atoms with Crippen LogP contribution >= 0.6 is 11.6 Å². The lowest BCUT2D eigenvalue weighted by Crippen LogP contribution is -2.34. The molecular formula is C20H19ClN4O5. The summed E-state index contributed by atoms with van der Waals surface area (Å²) in [6.07, 6.45) is 0. The molecule has 0 bridgehead atoms. The van der Waals surface area contributed by atoms with E-state index in [-0.39, 0.29) is 30.7 Å². The lowest BCUT2D eigenvalue weighted by Gasteiger charge is -2.10. The van der Waals surface area contributed by atoms with E-state index >= 15 is 0 Å². The second-order valence-electron chi connectivity index (χ2n) is 6.01. The lowest BCUT2D eigenvalue weighted by molar-refractivity contribution is 0.0898. The van der Waals surface area contributed by atoms with Crippen LogP contribution in [0.25, 0.3) is 11.4 Å². The second-order valence-corrected chi connectivity index (χ2v) is 6.45. The van der Waals surface area contributed by atoms with E-state index in [1.54, 1.807) is 42.5 Å². The number of nitrogens with zero attached hydrogens (tertiary/aromatic N) is 2. The second kappa shape index (κ2) is 9.75. The normalized spacial score (nSPS) is 10.4. The van der Waals surface area contributed by atoms with Gasteiger partial charge in [-0.1, -0.05) is 16.8 Å². The minimum absolute atomic E-state index is 0.175. The molecule has 0 aliphatic carbocycles. The summed E-state index contributed by atoms with van der Waals surface area (Å²) >= 11 is 5.85. The lowest BCUT2D eigenvalue weighted by atomic mass is 10.2. The Balaban J connectivity index is 1.49. The third-order valence-corrected chi connectivity index (χ3v) is 4.32. The smallest absolute Gasteiger partial charge is 0.316 e. The average Bonchev–Trinajstić information content (AvgIpc) is 3.26. The SMILES string of the molecule is COc1ccc(C(=O)NCCNC(=O)c2nc(-c3ccc(Cl)cc3)no2)cc1OC. The standard InChI is InChI=1S/C20H19ClN4O5/c1-28-15-8-5-13(11-16(15)29-2)18(26)22-9-10-23-19(27)20-24-17(25-30-20)12-3-6-14(21)7-4-12/h3-8,11H,9-10H2,1-2H3,(H,22,26)(H,23,27). The van der Waals surface area contributed by atoms with E-state index in [0.29, 0.717) is 27.6 Å². The van der Waals surface area contributed by atoms with Crippen molar-refractivity contribution >= 4 is 23.4 Å². The number of nitrogens with one attached hydrogen (secondary N) is 2. The molecule has 0 unspecified atom stereocenters. The molecule has 30 heavy (non-hydrogen) atoms. The molecule has 1 aromatic heterocycles. The fourth-order valence-corrected chi connectivity index (χ4v) is 2.67. The topological polar surface area (TPSA) is 116 Å². The van der Waals surface area contributed by atoms with Crippen molar-refractivity contribution in [3.05, 3.63) is 58.9 Å². The molecule has 156 valence electrons. The minimum atomic E-state index is -0.539. The van der Waals surface area contributed by atoms with Crippen LogP contribution in [0.4, 0.5) is 0 Å². The van der Waals surface area contributed by atoms with Crippen molar-refractivity contribution in [1.82, 2.24) is 20.8 Å². The summed E-state index contributed by atoms with van der Waals surface area (Å²) in [5.41, 5.74) is 1.08. The van der Waals surface area contributed by atoms with Gasteiger partial charge in [-0.2, -0.15) is 4.98 Å². The molecule has 0 aliphatic rings. The first-order valence-electron chi connectivity index (χ1n) is 8.90. The number of ether oxygens (including phenoxy) is 2. The molecule has 0 aliphatic heterocycles. The number of amides is 2. The number of carbonyl (C=O) groups is 2. The molecular weight excluding hydrogens is 412 g/mol. The Kier molecular flexibility index (Phi) is 6.87. The van der Waals surface area contributed by atoms with E-state index in [0.717, 1.165) is 0 Å². The number of hydrogen-bond acceptors (Lipinski definition) is 7. The molecule has 0 saturated carbocycles. The first kappa shape index (κ1) is 21.1. The summed E-state index contributed by atoms with van der Waals surface area (Å²) in [5, 5.41) is 9.67. The molecule has 0 radical (unpaired) electrons. The first-order valence-corrected chi connectivity index (χ1v) is 9.27. The van der Waals surface area contributed by atoms with Gasteiger partial charge in [-0.3, -0.25) is 9.59 Å². The largest absolute Gasteiger partial charge is 0.493 e. The highest BCUT2D eigenvalue weighted by atomic mass is 35.5. The third-order valence-electron chi connectivity index (χ3n) is 4.06. The van der Waals surface area contributed by atoms with Crippen LogP contribution in [-0.4, -0.2) is 49.3 Å². The van der Waals surface area contributed by atoms with Crippen LogP contribution in [0.15, 0.2) is 47.0 Å². The predicted octanol–water partition coefficient (Wildman–Crippen LogP) is 2.57. The van der Waals surface area contributed by atoms with Gasteiger partial charge in [-0.15, -0.1) is 0 Å². The van der Waals surface area contributed by atoms with Crippen molar-refractivity contribution in [3.8, 4) is 22.9 Å². The molecule has 9 nitrogen and oxygen atoms in total. The summed E-state index contributed by atoms with van der Waals surface area (Å²) in [6, 6.07) is 11.7. The van der Waals surface area contributed by atoms with Crippen LogP contribution in [0.3, 0.4) is 0 Å². The molecule has 0 fully saturated rings. The van der Waals surface area contributed by atoms with Gasteiger partial charge in [-0.25, -0.2) is 0 Å². The van der Waals surface area contributed by atoms with Crippen LogP contribution in [0.1, 0.15) is 21.0 Å². The minimum Gasteiger partial charge on any atom is -0.493 e. The van der Waals surface area contributed by atoms with Crippen molar-refractivity contribution < 1.29 is 23.6 Å². The van der Waals surface area contributed by atoms with Gasteiger partial charge in [0, 0.05) is 29.2 Å². The predicted molar refractivity (Wildman–Crippen MR) is 109 cm³/mol. The van der Waals surface area contributed by atoms with Crippen molar-refractivity contribution in [2.45, 2.75) is 0 Å². The van der Waals surface area contributed by atoms with Crippen LogP contribution in [0, 0.1) is 0 Å². The summed E-state index contributed by atoms with van der Waals surface area (Å²) in [5.74, 6) is 0.228. The number of carbonyl (C=O) groups excluding carboxylic acids is 2. The van der Waals surface area contributed by atoms with Crippen LogP contribution in [-0.2, 0) is 0 Å². The average molecular weight is 431 g/mol. The van der Waals surface area contributed by atoms with Crippen molar-refractivity contribution in [3.63, 3.8) is 0 Å². The number of hydrogen-bond donors (Lipinski definition) is 2. The maximum Gasteiger partial charge on any atom is 0.316 e. The quantitative estimate of drug-likeness (QED) is 0.527. The van der Waals surface area contributed by atoms with Crippen molar-refractivity contribution in [2.75, 3.05) is 27.3 Å². The van der Waals surface area contributed by atoms with E-state index in [2.05, 4.69) is 20.8 Å². The van der Waals surface area contributed by atoms with Gasteiger partial charge >= 0.3 is 11.8 Å². The van der Waals surface area contributed by atoms with E-state index in [4.69, 9.17) is 25.6 Å². The van der Waals surface area contributed by atoms with E-state index in [1.807, 2.05) is 0 Å². The monoisotopic (exact) mass is 430 g/mol. The van der Waals surface area contributed by atoms with Crippen LogP contribution in [0.5, 0.6) is 11.5 Å².